The van der Waals surface area contributed by atoms with E-state index in [1.807, 2.05) is 67.1 Å². The second kappa shape index (κ2) is 10.8. The van der Waals surface area contributed by atoms with Gasteiger partial charge in [0.2, 0.25) is 5.78 Å². The van der Waals surface area contributed by atoms with Crippen LogP contribution in [0.3, 0.4) is 0 Å². The first-order valence-electron chi connectivity index (χ1n) is 11.0. The molecule has 0 unspecified atom stereocenters. The first-order valence-corrected chi connectivity index (χ1v) is 12.8. The van der Waals surface area contributed by atoms with E-state index < -0.39 is 5.97 Å². The highest BCUT2D eigenvalue weighted by atomic mass is 32.2. The summed E-state index contributed by atoms with van der Waals surface area (Å²) in [5.41, 5.74) is 3.61. The maximum absolute atomic E-state index is 12.8. The Hall–Kier alpha value is -3.17. The average molecular weight is 495 g/mol. The maximum atomic E-state index is 12.8. The first-order chi connectivity index (χ1) is 16.5. The standard InChI is InChI=1S/C25H26N4O3S2/c1-4-28-24(22-11-8-12-33-22)26-27-25(28)34-16-23(31)32-15-21(30)20-13-17(2)29(18(20)3)14-19-9-6-5-7-10-19/h5-13H,4,14-16H2,1-3H3. The zero-order valence-electron chi connectivity index (χ0n) is 19.4. The van der Waals surface area contributed by atoms with Crippen molar-refractivity contribution in [2.24, 2.45) is 0 Å². The minimum absolute atomic E-state index is 0.0584. The third-order valence-electron chi connectivity index (χ3n) is 5.52. The Kier molecular flexibility index (Phi) is 7.64. The Morgan fingerprint density at radius 3 is 2.56 bits per heavy atom. The van der Waals surface area contributed by atoms with Gasteiger partial charge in [-0.15, -0.1) is 21.5 Å². The van der Waals surface area contributed by atoms with Crippen LogP contribution in [0.5, 0.6) is 0 Å². The van der Waals surface area contributed by atoms with Gasteiger partial charge < -0.3 is 13.9 Å². The molecule has 0 saturated carbocycles. The minimum atomic E-state index is -0.459. The number of esters is 1. The van der Waals surface area contributed by atoms with Crippen LogP contribution in [0.2, 0.25) is 0 Å². The van der Waals surface area contributed by atoms with E-state index in [0.717, 1.165) is 27.7 Å². The Morgan fingerprint density at radius 2 is 1.85 bits per heavy atom. The minimum Gasteiger partial charge on any atom is -0.457 e. The zero-order chi connectivity index (χ0) is 24.1. The van der Waals surface area contributed by atoms with Crippen LogP contribution in [0.25, 0.3) is 10.7 Å². The summed E-state index contributed by atoms with van der Waals surface area (Å²) in [4.78, 5) is 26.1. The van der Waals surface area contributed by atoms with E-state index in [4.69, 9.17) is 4.74 Å². The molecule has 0 aliphatic rings. The molecular weight excluding hydrogens is 468 g/mol. The third kappa shape index (κ3) is 5.31. The first kappa shape index (κ1) is 24.0. The average Bonchev–Trinajstić information content (AvgIpc) is 3.57. The predicted molar refractivity (Wildman–Crippen MR) is 134 cm³/mol. The number of ketones is 1. The number of hydrogen-bond donors (Lipinski definition) is 0. The molecule has 0 saturated heterocycles. The number of carbonyl (C=O) groups is 2. The van der Waals surface area contributed by atoms with Gasteiger partial charge in [0.25, 0.3) is 0 Å². The third-order valence-corrected chi connectivity index (χ3v) is 7.32. The molecule has 34 heavy (non-hydrogen) atoms. The summed E-state index contributed by atoms with van der Waals surface area (Å²) in [6.07, 6.45) is 0. The lowest BCUT2D eigenvalue weighted by Crippen LogP contribution is -2.16. The van der Waals surface area contributed by atoms with Gasteiger partial charge in [-0.2, -0.15) is 0 Å². The second-order valence-corrected chi connectivity index (χ2v) is 9.65. The summed E-state index contributed by atoms with van der Waals surface area (Å²) in [7, 11) is 0. The van der Waals surface area contributed by atoms with Crippen LogP contribution in [0, 0.1) is 13.8 Å². The van der Waals surface area contributed by atoms with E-state index in [-0.39, 0.29) is 18.1 Å². The van der Waals surface area contributed by atoms with Crippen molar-refractivity contribution in [2.75, 3.05) is 12.4 Å². The molecule has 4 rings (SSSR count). The van der Waals surface area contributed by atoms with Crippen LogP contribution >= 0.6 is 23.1 Å². The van der Waals surface area contributed by atoms with Crippen molar-refractivity contribution < 1.29 is 14.3 Å². The molecule has 0 aliphatic heterocycles. The molecule has 0 aliphatic carbocycles. The van der Waals surface area contributed by atoms with Crippen molar-refractivity contribution in [3.05, 3.63) is 76.4 Å². The highest BCUT2D eigenvalue weighted by Crippen LogP contribution is 2.27. The van der Waals surface area contributed by atoms with E-state index in [2.05, 4.69) is 26.9 Å². The van der Waals surface area contributed by atoms with Crippen molar-refractivity contribution >= 4 is 34.9 Å². The van der Waals surface area contributed by atoms with Gasteiger partial charge >= 0.3 is 5.97 Å². The van der Waals surface area contributed by atoms with Crippen LogP contribution in [0.1, 0.15) is 34.2 Å². The number of aromatic nitrogens is 4. The van der Waals surface area contributed by atoms with Gasteiger partial charge in [0.1, 0.15) is 0 Å². The fourth-order valence-corrected chi connectivity index (χ4v) is 5.27. The van der Waals surface area contributed by atoms with Gasteiger partial charge in [0.05, 0.1) is 10.6 Å². The molecule has 1 aromatic carbocycles. The molecule has 0 spiro atoms. The van der Waals surface area contributed by atoms with Crippen LogP contribution in [-0.2, 0) is 22.6 Å². The number of aryl methyl sites for hydroxylation is 1. The molecule has 4 aromatic rings. The maximum Gasteiger partial charge on any atom is 0.316 e. The van der Waals surface area contributed by atoms with Crippen molar-refractivity contribution in [1.29, 1.82) is 0 Å². The fraction of sp³-hybridized carbons (Fsp3) is 0.280. The van der Waals surface area contributed by atoms with Gasteiger partial charge in [-0.25, -0.2) is 0 Å². The van der Waals surface area contributed by atoms with Crippen molar-refractivity contribution in [1.82, 2.24) is 19.3 Å². The van der Waals surface area contributed by atoms with Crippen molar-refractivity contribution in [3.63, 3.8) is 0 Å². The SMILES string of the molecule is CCn1c(SCC(=O)OCC(=O)c2cc(C)n(Cc3ccccc3)c2C)nnc1-c1cccs1. The Morgan fingerprint density at radius 1 is 1.06 bits per heavy atom. The number of thioether (sulfide) groups is 1. The summed E-state index contributed by atoms with van der Waals surface area (Å²) >= 11 is 2.85. The lowest BCUT2D eigenvalue weighted by atomic mass is 10.1. The molecule has 0 bridgehead atoms. The highest BCUT2D eigenvalue weighted by Gasteiger charge is 2.19. The van der Waals surface area contributed by atoms with E-state index in [1.54, 1.807) is 11.3 Å². The molecule has 3 aromatic heterocycles. The largest absolute Gasteiger partial charge is 0.457 e. The summed E-state index contributed by atoms with van der Waals surface area (Å²) < 4.78 is 9.35. The number of hydrogen-bond acceptors (Lipinski definition) is 7. The smallest absolute Gasteiger partial charge is 0.316 e. The van der Waals surface area contributed by atoms with Gasteiger partial charge in [0.15, 0.2) is 17.6 Å². The summed E-state index contributed by atoms with van der Waals surface area (Å²) in [5.74, 6) is 0.180. The normalized spacial score (nSPS) is 11.0. The monoisotopic (exact) mass is 494 g/mol. The van der Waals surface area contributed by atoms with E-state index in [0.29, 0.717) is 23.8 Å². The van der Waals surface area contributed by atoms with Gasteiger partial charge in [-0.05, 0) is 43.8 Å². The number of nitrogens with zero attached hydrogens (tertiary/aromatic N) is 4. The molecule has 9 heteroatoms. The zero-order valence-corrected chi connectivity index (χ0v) is 21.0. The summed E-state index contributed by atoms with van der Waals surface area (Å²) in [6, 6.07) is 15.9. The van der Waals surface area contributed by atoms with Crippen LogP contribution in [0.4, 0.5) is 0 Å². The van der Waals surface area contributed by atoms with E-state index >= 15 is 0 Å². The Labute approximate surface area is 206 Å². The van der Waals surface area contributed by atoms with Crippen LogP contribution in [-0.4, -0.2) is 43.4 Å². The molecule has 0 amide bonds. The number of thiophene rings is 1. The molecule has 0 N–H and O–H groups in total. The Balaban J connectivity index is 1.33. The lowest BCUT2D eigenvalue weighted by Gasteiger charge is -2.10. The van der Waals surface area contributed by atoms with Crippen LogP contribution < -0.4 is 0 Å². The summed E-state index contributed by atoms with van der Waals surface area (Å²) in [6.45, 7) is 7.00. The molecule has 0 fully saturated rings. The lowest BCUT2D eigenvalue weighted by molar-refractivity contribution is -0.139. The molecular formula is C25H26N4O3S2. The number of benzene rings is 1. The summed E-state index contributed by atoms with van der Waals surface area (Å²) in [5, 5.41) is 11.1. The molecule has 0 atom stereocenters. The molecule has 176 valence electrons. The van der Waals surface area contributed by atoms with Gasteiger partial charge in [0, 0.05) is 30.0 Å². The topological polar surface area (TPSA) is 79.0 Å². The molecule has 0 radical (unpaired) electrons. The number of ether oxygens (including phenoxy) is 1. The van der Waals surface area contributed by atoms with E-state index in [9.17, 15) is 9.59 Å². The van der Waals surface area contributed by atoms with Gasteiger partial charge in [-0.1, -0.05) is 48.2 Å². The van der Waals surface area contributed by atoms with Crippen molar-refractivity contribution in [2.45, 2.75) is 39.0 Å². The second-order valence-electron chi connectivity index (χ2n) is 7.76. The van der Waals surface area contributed by atoms with Gasteiger partial charge in [-0.3, -0.25) is 9.59 Å². The molecule has 3 heterocycles. The fourth-order valence-electron chi connectivity index (χ4n) is 3.75. The van der Waals surface area contributed by atoms with Crippen LogP contribution in [0.15, 0.2) is 59.1 Å². The molecule has 7 nitrogen and oxygen atoms in total. The number of rotatable bonds is 10. The Bertz CT molecular complexity index is 1280. The number of carbonyl (C=O) groups excluding carboxylic acids is 2. The quantitative estimate of drug-likeness (QED) is 0.175. The van der Waals surface area contributed by atoms with Crippen molar-refractivity contribution in [3.8, 4) is 10.7 Å². The highest BCUT2D eigenvalue weighted by molar-refractivity contribution is 7.99. The predicted octanol–water partition coefficient (Wildman–Crippen LogP) is 5.01. The van der Waals surface area contributed by atoms with E-state index in [1.165, 1.54) is 11.8 Å². The number of Topliss-reactive ketones (excluding diaryl/α,β-unsaturated/α-hetero) is 1.